The molecular weight excluding hydrogens is 322 g/mol. The van der Waals surface area contributed by atoms with Crippen LogP contribution in [0.15, 0.2) is 24.2 Å². The molecule has 0 fully saturated rings. The fourth-order valence-corrected chi connectivity index (χ4v) is 4.04. The van der Waals surface area contributed by atoms with Crippen LogP contribution >= 0.6 is 22.7 Å². The van der Waals surface area contributed by atoms with Crippen LogP contribution in [0.1, 0.15) is 5.01 Å². The lowest BCUT2D eigenvalue weighted by Crippen LogP contribution is -2.20. The van der Waals surface area contributed by atoms with Gasteiger partial charge in [-0.3, -0.25) is 10.1 Å². The van der Waals surface area contributed by atoms with Crippen molar-refractivity contribution in [2.75, 3.05) is 18.5 Å². The van der Waals surface area contributed by atoms with Crippen LogP contribution in [0, 0.1) is 6.92 Å². The second kappa shape index (κ2) is 5.22. The number of aryl methyl sites for hydroxylation is 1. The molecule has 3 aromatic rings. The average Bonchev–Trinajstić information content (AvgIpc) is 3.09. The molecule has 2 aromatic heterocycles. The number of nitrogens with zero attached hydrogens (tertiary/aromatic N) is 2. The molecule has 3 heterocycles. The van der Waals surface area contributed by atoms with E-state index in [9.17, 15) is 4.79 Å². The molecule has 0 bridgehead atoms. The number of amides is 1. The van der Waals surface area contributed by atoms with Crippen LogP contribution in [-0.4, -0.2) is 29.1 Å². The minimum Gasteiger partial charge on any atom is -0.494 e. The molecule has 0 saturated carbocycles. The molecule has 22 heavy (non-hydrogen) atoms. The van der Waals surface area contributed by atoms with Crippen LogP contribution in [0.25, 0.3) is 20.4 Å². The van der Waals surface area contributed by atoms with Crippen LogP contribution < -0.4 is 5.32 Å². The SMILES string of the molecule is Cc1nc2c(ccc3nc(NC(=O)C4=COCCO4)sc32)s1. The molecule has 0 radical (unpaired) electrons. The molecule has 0 spiro atoms. The van der Waals surface area contributed by atoms with E-state index in [0.717, 1.165) is 25.4 Å². The smallest absolute Gasteiger partial charge is 0.295 e. The van der Waals surface area contributed by atoms with Gasteiger partial charge in [-0.25, -0.2) is 9.97 Å². The van der Waals surface area contributed by atoms with Crippen molar-refractivity contribution < 1.29 is 14.3 Å². The van der Waals surface area contributed by atoms with Gasteiger partial charge in [-0.05, 0) is 19.1 Å². The number of hydrogen-bond donors (Lipinski definition) is 1. The average molecular weight is 333 g/mol. The summed E-state index contributed by atoms with van der Waals surface area (Å²) in [5.41, 5.74) is 1.77. The van der Waals surface area contributed by atoms with Crippen LogP contribution in [0.3, 0.4) is 0 Å². The van der Waals surface area contributed by atoms with Crippen LogP contribution in [0.2, 0.25) is 0 Å². The van der Waals surface area contributed by atoms with Gasteiger partial charge in [-0.15, -0.1) is 11.3 Å². The molecule has 6 nitrogen and oxygen atoms in total. The van der Waals surface area contributed by atoms with E-state index >= 15 is 0 Å². The summed E-state index contributed by atoms with van der Waals surface area (Å²) in [5, 5.41) is 4.28. The zero-order chi connectivity index (χ0) is 15.1. The predicted molar refractivity (Wildman–Crippen MR) is 86.2 cm³/mol. The normalized spacial score (nSPS) is 14.5. The van der Waals surface area contributed by atoms with E-state index in [1.54, 1.807) is 11.3 Å². The van der Waals surface area contributed by atoms with Gasteiger partial charge < -0.3 is 9.47 Å². The molecular formula is C14H11N3O3S2. The minimum absolute atomic E-state index is 0.167. The Morgan fingerprint density at radius 3 is 3.00 bits per heavy atom. The number of aromatic nitrogens is 2. The summed E-state index contributed by atoms with van der Waals surface area (Å²) in [6.07, 6.45) is 1.33. The number of nitrogens with one attached hydrogen (secondary N) is 1. The van der Waals surface area contributed by atoms with Crippen molar-refractivity contribution in [2.45, 2.75) is 6.92 Å². The first-order valence-electron chi connectivity index (χ1n) is 6.63. The van der Waals surface area contributed by atoms with Gasteiger partial charge in [0.2, 0.25) is 5.76 Å². The van der Waals surface area contributed by atoms with Gasteiger partial charge in [0, 0.05) is 0 Å². The number of rotatable bonds is 2. The third kappa shape index (κ3) is 2.30. The van der Waals surface area contributed by atoms with Gasteiger partial charge in [0.25, 0.3) is 5.91 Å². The van der Waals surface area contributed by atoms with Crippen LogP contribution in [0.4, 0.5) is 5.13 Å². The first kappa shape index (κ1) is 13.5. The van der Waals surface area contributed by atoms with E-state index < -0.39 is 0 Å². The fourth-order valence-electron chi connectivity index (χ4n) is 2.19. The summed E-state index contributed by atoms with van der Waals surface area (Å²) >= 11 is 3.06. The molecule has 1 aliphatic heterocycles. The Hall–Kier alpha value is -2.19. The van der Waals surface area contributed by atoms with Crippen molar-refractivity contribution in [3.63, 3.8) is 0 Å². The third-order valence-corrected chi connectivity index (χ3v) is 5.04. The summed E-state index contributed by atoms with van der Waals surface area (Å²) in [6.45, 7) is 2.81. The molecule has 8 heteroatoms. The molecule has 4 rings (SSSR count). The van der Waals surface area contributed by atoms with Gasteiger partial charge >= 0.3 is 0 Å². The van der Waals surface area contributed by atoms with E-state index in [0.29, 0.717) is 18.3 Å². The Bertz CT molecular complexity index is 913. The topological polar surface area (TPSA) is 73.3 Å². The lowest BCUT2D eigenvalue weighted by Gasteiger charge is -2.13. The summed E-state index contributed by atoms with van der Waals surface area (Å²) in [4.78, 5) is 21.1. The molecule has 1 aliphatic rings. The highest BCUT2D eigenvalue weighted by atomic mass is 32.1. The van der Waals surface area contributed by atoms with E-state index in [4.69, 9.17) is 9.47 Å². The lowest BCUT2D eigenvalue weighted by atomic mass is 10.3. The highest BCUT2D eigenvalue weighted by Gasteiger charge is 2.18. The minimum atomic E-state index is -0.357. The standard InChI is InChI=1S/C14H11N3O3S2/c1-7-15-11-10(21-7)3-2-8-12(11)22-14(16-8)17-13(18)9-6-19-4-5-20-9/h2-3,6H,4-5H2,1H3,(H,16,17,18). The zero-order valence-electron chi connectivity index (χ0n) is 11.6. The maximum Gasteiger partial charge on any atom is 0.295 e. The largest absolute Gasteiger partial charge is 0.494 e. The first-order valence-corrected chi connectivity index (χ1v) is 8.26. The maximum absolute atomic E-state index is 12.1. The Balaban J connectivity index is 1.69. The van der Waals surface area contributed by atoms with Crippen LogP contribution in [0.5, 0.6) is 0 Å². The molecule has 1 aromatic carbocycles. The third-order valence-electron chi connectivity index (χ3n) is 3.11. The predicted octanol–water partition coefficient (Wildman–Crippen LogP) is 3.04. The van der Waals surface area contributed by atoms with E-state index in [1.165, 1.54) is 17.6 Å². The van der Waals surface area contributed by atoms with Crippen molar-refractivity contribution in [3.05, 3.63) is 29.2 Å². The number of anilines is 1. The number of carbonyl (C=O) groups is 1. The Morgan fingerprint density at radius 2 is 2.18 bits per heavy atom. The fraction of sp³-hybridized carbons (Fsp3) is 0.214. The van der Waals surface area contributed by atoms with Gasteiger partial charge in [0.05, 0.1) is 19.9 Å². The molecule has 112 valence electrons. The highest BCUT2D eigenvalue weighted by molar-refractivity contribution is 7.24. The quantitative estimate of drug-likeness (QED) is 0.780. The van der Waals surface area contributed by atoms with Crippen molar-refractivity contribution in [2.24, 2.45) is 0 Å². The lowest BCUT2D eigenvalue weighted by molar-refractivity contribution is -0.117. The number of fused-ring (bicyclic) bond motifs is 3. The number of ether oxygens (including phenoxy) is 2. The highest BCUT2D eigenvalue weighted by Crippen LogP contribution is 2.34. The van der Waals surface area contributed by atoms with Crippen molar-refractivity contribution >= 4 is 54.1 Å². The van der Waals surface area contributed by atoms with Gasteiger partial charge in [0.1, 0.15) is 25.0 Å². The molecule has 0 atom stereocenters. The molecule has 1 amide bonds. The first-order chi connectivity index (χ1) is 10.7. The van der Waals surface area contributed by atoms with Gasteiger partial charge in [-0.1, -0.05) is 11.3 Å². The van der Waals surface area contributed by atoms with Gasteiger partial charge in [0.15, 0.2) is 5.13 Å². The number of carbonyl (C=O) groups excluding carboxylic acids is 1. The summed E-state index contributed by atoms with van der Waals surface area (Å²) in [5.74, 6) is -0.190. The Kier molecular flexibility index (Phi) is 3.20. The molecule has 0 saturated heterocycles. The Labute approximate surface area is 133 Å². The summed E-state index contributed by atoms with van der Waals surface area (Å²) < 4.78 is 12.4. The van der Waals surface area contributed by atoms with Crippen molar-refractivity contribution in [3.8, 4) is 0 Å². The zero-order valence-corrected chi connectivity index (χ0v) is 13.2. The van der Waals surface area contributed by atoms with Crippen LogP contribution in [-0.2, 0) is 14.3 Å². The van der Waals surface area contributed by atoms with E-state index in [-0.39, 0.29) is 11.7 Å². The molecule has 1 N–H and O–H groups in total. The number of thiazole rings is 2. The summed E-state index contributed by atoms with van der Waals surface area (Å²) in [6, 6.07) is 3.95. The maximum atomic E-state index is 12.1. The van der Waals surface area contributed by atoms with Crippen molar-refractivity contribution in [1.82, 2.24) is 9.97 Å². The summed E-state index contributed by atoms with van der Waals surface area (Å²) in [7, 11) is 0. The monoisotopic (exact) mass is 333 g/mol. The second-order valence-corrected chi connectivity index (χ2v) is 6.90. The molecule has 0 unspecified atom stereocenters. The van der Waals surface area contributed by atoms with E-state index in [1.807, 2.05) is 19.1 Å². The van der Waals surface area contributed by atoms with Gasteiger partial charge in [-0.2, -0.15) is 0 Å². The van der Waals surface area contributed by atoms with E-state index in [2.05, 4.69) is 15.3 Å². The number of benzene rings is 1. The van der Waals surface area contributed by atoms with Crippen molar-refractivity contribution in [1.29, 1.82) is 0 Å². The Morgan fingerprint density at radius 1 is 1.27 bits per heavy atom. The molecule has 0 aliphatic carbocycles. The second-order valence-electron chi connectivity index (χ2n) is 4.67. The number of hydrogen-bond acceptors (Lipinski definition) is 7.